The van der Waals surface area contributed by atoms with Crippen molar-refractivity contribution in [2.75, 3.05) is 6.54 Å². The number of likely N-dealkylation sites (N-methyl/N-ethyl adjacent to an activating group) is 1. The summed E-state index contributed by atoms with van der Waals surface area (Å²) in [5.41, 5.74) is 1.09. The van der Waals surface area contributed by atoms with E-state index in [1.165, 1.54) is 30.2 Å². The van der Waals surface area contributed by atoms with Crippen LogP contribution in [0.3, 0.4) is 0 Å². The van der Waals surface area contributed by atoms with E-state index in [-0.39, 0.29) is 23.6 Å². The molecule has 1 fully saturated rings. The fraction of sp³-hybridized carbons (Fsp3) is 0.450. The lowest BCUT2D eigenvalue weighted by Crippen LogP contribution is -2.44. The third-order valence-corrected chi connectivity index (χ3v) is 5.33. The summed E-state index contributed by atoms with van der Waals surface area (Å²) in [4.78, 5) is 31.9. The van der Waals surface area contributed by atoms with Crippen LogP contribution < -0.4 is 5.56 Å². The van der Waals surface area contributed by atoms with Crippen molar-refractivity contribution in [3.63, 3.8) is 0 Å². The SMILES string of the molecule is CCN(C(=O)Cn1cnc2c(oc3ccccc32)c1=O)C1CCCCC1. The molecule has 2 heterocycles. The standard InChI is InChI=1S/C20H23N3O3/c1-2-23(14-8-4-3-5-9-14)17(24)12-22-13-21-18-15-10-6-7-11-16(15)26-19(18)20(22)25/h6-7,10-11,13-14H,2-5,8-9,12H2,1H3. The van der Waals surface area contributed by atoms with Gasteiger partial charge in [0.25, 0.3) is 5.56 Å². The van der Waals surface area contributed by atoms with Gasteiger partial charge in [0.15, 0.2) is 0 Å². The molecule has 0 aliphatic heterocycles. The van der Waals surface area contributed by atoms with Crippen molar-refractivity contribution in [3.8, 4) is 0 Å². The van der Waals surface area contributed by atoms with Crippen molar-refractivity contribution in [2.24, 2.45) is 0 Å². The van der Waals surface area contributed by atoms with Crippen molar-refractivity contribution in [1.29, 1.82) is 0 Å². The van der Waals surface area contributed by atoms with E-state index in [0.717, 1.165) is 18.2 Å². The first kappa shape index (κ1) is 16.8. The summed E-state index contributed by atoms with van der Waals surface area (Å²) < 4.78 is 7.05. The van der Waals surface area contributed by atoms with Gasteiger partial charge >= 0.3 is 0 Å². The Labute approximate surface area is 151 Å². The summed E-state index contributed by atoms with van der Waals surface area (Å²) in [6, 6.07) is 7.73. The number of hydrogen-bond acceptors (Lipinski definition) is 4. The number of hydrogen-bond donors (Lipinski definition) is 0. The number of benzene rings is 1. The van der Waals surface area contributed by atoms with Crippen LogP contribution in [0.25, 0.3) is 22.1 Å². The summed E-state index contributed by atoms with van der Waals surface area (Å²) in [7, 11) is 0. The minimum absolute atomic E-state index is 0.00313. The summed E-state index contributed by atoms with van der Waals surface area (Å²) in [5.74, 6) is -0.0289. The van der Waals surface area contributed by atoms with Crippen LogP contribution in [0.15, 0.2) is 39.8 Å². The zero-order chi connectivity index (χ0) is 18.1. The third kappa shape index (κ3) is 2.89. The predicted molar refractivity (Wildman–Crippen MR) is 100 cm³/mol. The smallest absolute Gasteiger partial charge is 0.297 e. The van der Waals surface area contributed by atoms with E-state index >= 15 is 0 Å². The highest BCUT2D eigenvalue weighted by molar-refractivity contribution is 6.01. The van der Waals surface area contributed by atoms with Crippen LogP contribution in [0.5, 0.6) is 0 Å². The molecular weight excluding hydrogens is 330 g/mol. The molecular formula is C20H23N3O3. The van der Waals surface area contributed by atoms with E-state index in [9.17, 15) is 9.59 Å². The monoisotopic (exact) mass is 353 g/mol. The maximum absolute atomic E-state index is 12.8. The Balaban J connectivity index is 1.64. The van der Waals surface area contributed by atoms with Crippen LogP contribution in [-0.2, 0) is 11.3 Å². The Morgan fingerprint density at radius 2 is 2.04 bits per heavy atom. The van der Waals surface area contributed by atoms with Gasteiger partial charge in [-0.15, -0.1) is 0 Å². The number of amides is 1. The van der Waals surface area contributed by atoms with E-state index in [4.69, 9.17) is 4.42 Å². The molecule has 1 aromatic carbocycles. The molecule has 0 saturated heterocycles. The highest BCUT2D eigenvalue weighted by Crippen LogP contribution is 2.25. The molecule has 2 aromatic heterocycles. The second kappa shape index (κ2) is 6.94. The van der Waals surface area contributed by atoms with Gasteiger partial charge in [-0.3, -0.25) is 14.2 Å². The van der Waals surface area contributed by atoms with Gasteiger partial charge in [-0.1, -0.05) is 31.4 Å². The number of aromatic nitrogens is 2. The van der Waals surface area contributed by atoms with Crippen molar-refractivity contribution >= 4 is 28.0 Å². The van der Waals surface area contributed by atoms with E-state index < -0.39 is 0 Å². The number of carbonyl (C=O) groups is 1. The molecule has 0 atom stereocenters. The fourth-order valence-electron chi connectivity index (χ4n) is 4.00. The van der Waals surface area contributed by atoms with Gasteiger partial charge in [0, 0.05) is 18.0 Å². The fourth-order valence-corrected chi connectivity index (χ4v) is 4.00. The van der Waals surface area contributed by atoms with Gasteiger partial charge in [0.05, 0.1) is 6.33 Å². The Morgan fingerprint density at radius 1 is 1.27 bits per heavy atom. The molecule has 6 nitrogen and oxygen atoms in total. The van der Waals surface area contributed by atoms with E-state index in [1.807, 2.05) is 36.1 Å². The van der Waals surface area contributed by atoms with Gasteiger partial charge in [-0.05, 0) is 31.9 Å². The maximum atomic E-state index is 12.8. The molecule has 1 aliphatic rings. The van der Waals surface area contributed by atoms with E-state index in [2.05, 4.69) is 4.98 Å². The zero-order valence-corrected chi connectivity index (χ0v) is 15.0. The molecule has 0 unspecified atom stereocenters. The molecule has 1 amide bonds. The lowest BCUT2D eigenvalue weighted by Gasteiger charge is -2.33. The molecule has 1 aliphatic carbocycles. The molecule has 26 heavy (non-hydrogen) atoms. The lowest BCUT2D eigenvalue weighted by atomic mass is 9.94. The van der Waals surface area contributed by atoms with Gasteiger partial charge < -0.3 is 9.32 Å². The molecule has 0 spiro atoms. The second-order valence-electron chi connectivity index (χ2n) is 6.93. The highest BCUT2D eigenvalue weighted by atomic mass is 16.3. The third-order valence-electron chi connectivity index (χ3n) is 5.33. The number of furan rings is 1. The molecule has 0 N–H and O–H groups in total. The number of fused-ring (bicyclic) bond motifs is 3. The number of nitrogens with zero attached hydrogens (tertiary/aromatic N) is 3. The quantitative estimate of drug-likeness (QED) is 0.721. The molecule has 1 saturated carbocycles. The van der Waals surface area contributed by atoms with Gasteiger partial charge in [0.1, 0.15) is 17.6 Å². The van der Waals surface area contributed by atoms with Crippen LogP contribution in [0.2, 0.25) is 0 Å². The molecule has 0 bridgehead atoms. The van der Waals surface area contributed by atoms with Crippen molar-refractivity contribution < 1.29 is 9.21 Å². The van der Waals surface area contributed by atoms with Crippen LogP contribution in [0, 0.1) is 0 Å². The van der Waals surface area contributed by atoms with Crippen LogP contribution in [-0.4, -0.2) is 32.9 Å². The number of carbonyl (C=O) groups excluding carboxylic acids is 1. The van der Waals surface area contributed by atoms with Crippen LogP contribution in [0.1, 0.15) is 39.0 Å². The summed E-state index contributed by atoms with van der Waals surface area (Å²) in [5, 5.41) is 0.815. The van der Waals surface area contributed by atoms with Gasteiger partial charge in [0.2, 0.25) is 11.5 Å². The average Bonchev–Trinajstić information content (AvgIpc) is 3.05. The molecule has 4 rings (SSSR count). The molecule has 6 heteroatoms. The summed E-state index contributed by atoms with van der Waals surface area (Å²) in [6.07, 6.45) is 7.14. The molecule has 136 valence electrons. The number of para-hydroxylation sites is 1. The minimum Gasteiger partial charge on any atom is -0.448 e. The largest absolute Gasteiger partial charge is 0.448 e. The van der Waals surface area contributed by atoms with Gasteiger partial charge in [-0.25, -0.2) is 4.98 Å². The lowest BCUT2D eigenvalue weighted by molar-refractivity contribution is -0.134. The van der Waals surface area contributed by atoms with Crippen molar-refractivity contribution in [3.05, 3.63) is 40.9 Å². The first-order valence-electron chi connectivity index (χ1n) is 9.35. The Kier molecular flexibility index (Phi) is 4.49. The summed E-state index contributed by atoms with van der Waals surface area (Å²) >= 11 is 0. The minimum atomic E-state index is -0.306. The van der Waals surface area contributed by atoms with Crippen LogP contribution in [0.4, 0.5) is 0 Å². The Bertz CT molecular complexity index is 998. The summed E-state index contributed by atoms with van der Waals surface area (Å²) in [6.45, 7) is 2.66. The van der Waals surface area contributed by atoms with E-state index in [1.54, 1.807) is 0 Å². The van der Waals surface area contributed by atoms with E-state index in [0.29, 0.717) is 23.7 Å². The van der Waals surface area contributed by atoms with Crippen molar-refractivity contribution in [1.82, 2.24) is 14.5 Å². The topological polar surface area (TPSA) is 68.3 Å². The Morgan fingerprint density at radius 3 is 2.81 bits per heavy atom. The first-order valence-corrected chi connectivity index (χ1v) is 9.35. The van der Waals surface area contributed by atoms with Crippen molar-refractivity contribution in [2.45, 2.75) is 51.6 Å². The number of rotatable bonds is 4. The average molecular weight is 353 g/mol. The maximum Gasteiger partial charge on any atom is 0.297 e. The molecule has 0 radical (unpaired) electrons. The van der Waals surface area contributed by atoms with Gasteiger partial charge in [-0.2, -0.15) is 0 Å². The second-order valence-corrected chi connectivity index (χ2v) is 6.93. The molecule has 3 aromatic rings. The predicted octanol–water partition coefficient (Wildman–Crippen LogP) is 3.32. The zero-order valence-electron chi connectivity index (χ0n) is 15.0. The highest BCUT2D eigenvalue weighted by Gasteiger charge is 2.25. The Hall–Kier alpha value is -2.63. The normalized spacial score (nSPS) is 15.6. The first-order chi connectivity index (χ1) is 12.7. The van der Waals surface area contributed by atoms with Crippen LogP contribution >= 0.6 is 0 Å².